The first-order chi connectivity index (χ1) is 9.22. The Balaban J connectivity index is 2.22. The zero-order valence-electron chi connectivity index (χ0n) is 11.5. The van der Waals surface area contributed by atoms with Gasteiger partial charge in [0.25, 0.3) is 0 Å². The molecule has 1 saturated carbocycles. The lowest BCUT2D eigenvalue weighted by Crippen LogP contribution is -2.13. The molecule has 0 radical (unpaired) electrons. The number of hydrogen-bond donors (Lipinski definition) is 1. The van der Waals surface area contributed by atoms with Crippen LogP contribution in [-0.4, -0.2) is 17.1 Å². The van der Waals surface area contributed by atoms with Crippen LogP contribution < -0.4 is 5.73 Å². The van der Waals surface area contributed by atoms with Crippen LogP contribution in [0.25, 0.3) is 0 Å². The number of aromatic nitrogens is 2. The molecule has 1 fully saturated rings. The second-order valence-electron chi connectivity index (χ2n) is 5.20. The lowest BCUT2D eigenvalue weighted by Gasteiger charge is -2.19. The second kappa shape index (κ2) is 7.38. The third kappa shape index (κ3) is 4.02. The Morgan fingerprint density at radius 2 is 1.79 bits per heavy atom. The van der Waals surface area contributed by atoms with E-state index in [2.05, 4.69) is 27.6 Å². The van der Waals surface area contributed by atoms with Gasteiger partial charge in [0.15, 0.2) is 0 Å². The number of nitrogen functional groups attached to an aromatic ring is 1. The highest BCUT2D eigenvalue weighted by molar-refractivity contribution is 14.1. The van der Waals surface area contributed by atoms with Gasteiger partial charge in [-0.05, 0) is 35.4 Å². The molecule has 0 unspecified atom stereocenters. The molecule has 1 aliphatic carbocycles. The van der Waals surface area contributed by atoms with Gasteiger partial charge in [-0.2, -0.15) is 0 Å². The van der Waals surface area contributed by atoms with E-state index in [1.54, 1.807) is 7.11 Å². The number of nitrogens with zero attached hydrogens (tertiary/aromatic N) is 2. The first-order valence-electron chi connectivity index (χ1n) is 7.03. The molecule has 0 saturated heterocycles. The van der Waals surface area contributed by atoms with Gasteiger partial charge in [-0.3, -0.25) is 0 Å². The lowest BCUT2D eigenvalue weighted by molar-refractivity contribution is 0.180. The third-order valence-electron chi connectivity index (χ3n) is 3.71. The van der Waals surface area contributed by atoms with Crippen molar-refractivity contribution in [1.82, 2.24) is 9.97 Å². The summed E-state index contributed by atoms with van der Waals surface area (Å²) in [6.07, 6.45) is 8.97. The fraction of sp³-hybridized carbons (Fsp3) is 0.714. The SMILES string of the molecule is COCc1nc(C2CCCCCCC2)nc(N)c1I. The molecule has 1 aliphatic rings. The van der Waals surface area contributed by atoms with Gasteiger partial charge >= 0.3 is 0 Å². The summed E-state index contributed by atoms with van der Waals surface area (Å²) in [6.45, 7) is 0.505. The number of ether oxygens (including phenoxy) is 1. The van der Waals surface area contributed by atoms with E-state index >= 15 is 0 Å². The summed E-state index contributed by atoms with van der Waals surface area (Å²) in [4.78, 5) is 9.21. The van der Waals surface area contributed by atoms with Gasteiger partial charge in [0, 0.05) is 13.0 Å². The fourth-order valence-electron chi connectivity index (χ4n) is 2.66. The number of hydrogen-bond acceptors (Lipinski definition) is 4. The van der Waals surface area contributed by atoms with Crippen molar-refractivity contribution >= 4 is 28.4 Å². The van der Waals surface area contributed by atoms with E-state index in [0.717, 1.165) is 15.1 Å². The molecule has 0 aliphatic heterocycles. The quantitative estimate of drug-likeness (QED) is 0.820. The van der Waals surface area contributed by atoms with E-state index in [9.17, 15) is 0 Å². The minimum Gasteiger partial charge on any atom is -0.383 e. The second-order valence-corrected chi connectivity index (χ2v) is 6.28. The van der Waals surface area contributed by atoms with E-state index in [1.165, 1.54) is 44.9 Å². The van der Waals surface area contributed by atoms with Crippen molar-refractivity contribution in [3.8, 4) is 0 Å². The van der Waals surface area contributed by atoms with Gasteiger partial charge in [0.2, 0.25) is 0 Å². The summed E-state index contributed by atoms with van der Waals surface area (Å²) in [7, 11) is 1.68. The Morgan fingerprint density at radius 3 is 2.42 bits per heavy atom. The van der Waals surface area contributed by atoms with Crippen LogP contribution in [-0.2, 0) is 11.3 Å². The topological polar surface area (TPSA) is 61.0 Å². The van der Waals surface area contributed by atoms with Crippen molar-refractivity contribution < 1.29 is 4.74 Å². The van der Waals surface area contributed by atoms with Gasteiger partial charge < -0.3 is 10.5 Å². The molecule has 0 atom stereocenters. The summed E-state index contributed by atoms with van der Waals surface area (Å²) >= 11 is 2.20. The van der Waals surface area contributed by atoms with Crippen LogP contribution in [0.15, 0.2) is 0 Å². The van der Waals surface area contributed by atoms with Gasteiger partial charge in [0.05, 0.1) is 15.9 Å². The fourth-order valence-corrected chi connectivity index (χ4v) is 3.06. The maximum Gasteiger partial charge on any atom is 0.141 e. The molecule has 1 aromatic rings. The van der Waals surface area contributed by atoms with E-state index in [1.807, 2.05) is 0 Å². The van der Waals surface area contributed by atoms with E-state index in [4.69, 9.17) is 15.5 Å². The van der Waals surface area contributed by atoms with Crippen LogP contribution in [0.1, 0.15) is 62.4 Å². The van der Waals surface area contributed by atoms with Crippen molar-refractivity contribution in [2.75, 3.05) is 12.8 Å². The van der Waals surface area contributed by atoms with Gasteiger partial charge in [-0.15, -0.1) is 0 Å². The van der Waals surface area contributed by atoms with E-state index in [0.29, 0.717) is 18.3 Å². The zero-order valence-corrected chi connectivity index (χ0v) is 13.6. The predicted octanol–water partition coefficient (Wildman–Crippen LogP) is 3.64. The Bertz CT molecular complexity index is 417. The lowest BCUT2D eigenvalue weighted by atomic mass is 9.90. The molecule has 0 aromatic carbocycles. The van der Waals surface area contributed by atoms with Crippen molar-refractivity contribution in [3.05, 3.63) is 15.1 Å². The summed E-state index contributed by atoms with van der Waals surface area (Å²) in [6, 6.07) is 0. The Morgan fingerprint density at radius 1 is 1.16 bits per heavy atom. The molecule has 0 spiro atoms. The molecule has 0 bridgehead atoms. The zero-order chi connectivity index (χ0) is 13.7. The van der Waals surface area contributed by atoms with Crippen molar-refractivity contribution in [2.45, 2.75) is 57.5 Å². The molecule has 1 heterocycles. The summed E-state index contributed by atoms with van der Waals surface area (Å²) < 4.78 is 6.13. The molecule has 19 heavy (non-hydrogen) atoms. The van der Waals surface area contributed by atoms with Crippen LogP contribution in [0.5, 0.6) is 0 Å². The molecule has 1 aromatic heterocycles. The molecule has 5 heteroatoms. The number of nitrogens with two attached hydrogens (primary N) is 1. The van der Waals surface area contributed by atoms with Crippen LogP contribution in [0.3, 0.4) is 0 Å². The highest BCUT2D eigenvalue weighted by Gasteiger charge is 2.19. The molecular weight excluding hydrogens is 353 g/mol. The molecular formula is C14H22IN3O. The molecule has 2 N–H and O–H groups in total. The normalized spacial score (nSPS) is 18.0. The smallest absolute Gasteiger partial charge is 0.141 e. The average molecular weight is 375 g/mol. The number of rotatable bonds is 3. The third-order valence-corrected chi connectivity index (χ3v) is 4.89. The maximum absolute atomic E-state index is 6.01. The number of methoxy groups -OCH3 is 1. The number of halogens is 1. The Labute approximate surface area is 128 Å². The van der Waals surface area contributed by atoms with Crippen LogP contribution >= 0.6 is 22.6 Å². The van der Waals surface area contributed by atoms with Crippen LogP contribution in [0.4, 0.5) is 5.82 Å². The van der Waals surface area contributed by atoms with Crippen LogP contribution in [0, 0.1) is 3.57 Å². The maximum atomic E-state index is 6.01. The van der Waals surface area contributed by atoms with Gasteiger partial charge in [-0.25, -0.2) is 9.97 Å². The van der Waals surface area contributed by atoms with Crippen molar-refractivity contribution in [2.24, 2.45) is 0 Å². The number of anilines is 1. The first kappa shape index (κ1) is 15.0. The molecule has 4 nitrogen and oxygen atoms in total. The Kier molecular flexibility index (Phi) is 5.81. The van der Waals surface area contributed by atoms with Gasteiger partial charge in [-0.1, -0.05) is 32.1 Å². The summed E-state index contributed by atoms with van der Waals surface area (Å²) in [5.74, 6) is 1.99. The van der Waals surface area contributed by atoms with E-state index < -0.39 is 0 Å². The molecule has 2 rings (SSSR count). The standard InChI is InChI=1S/C14H22IN3O/c1-19-9-11-12(15)13(16)18-14(17-11)10-7-5-3-2-4-6-8-10/h10H,2-9H2,1H3,(H2,16,17,18). The first-order valence-corrected chi connectivity index (χ1v) is 8.11. The largest absolute Gasteiger partial charge is 0.383 e. The molecule has 106 valence electrons. The minimum absolute atomic E-state index is 0.468. The van der Waals surface area contributed by atoms with Crippen molar-refractivity contribution in [1.29, 1.82) is 0 Å². The van der Waals surface area contributed by atoms with E-state index in [-0.39, 0.29) is 0 Å². The average Bonchev–Trinajstić information content (AvgIpc) is 2.34. The Hall–Kier alpha value is -0.430. The highest BCUT2D eigenvalue weighted by atomic mass is 127. The van der Waals surface area contributed by atoms with Crippen molar-refractivity contribution in [3.63, 3.8) is 0 Å². The predicted molar refractivity (Wildman–Crippen MR) is 84.9 cm³/mol. The van der Waals surface area contributed by atoms with Gasteiger partial charge in [0.1, 0.15) is 11.6 Å². The summed E-state index contributed by atoms with van der Waals surface area (Å²) in [5, 5.41) is 0. The monoisotopic (exact) mass is 375 g/mol. The summed E-state index contributed by atoms with van der Waals surface area (Å²) in [5.41, 5.74) is 6.94. The molecule has 0 amide bonds. The highest BCUT2D eigenvalue weighted by Crippen LogP contribution is 2.30. The van der Waals surface area contributed by atoms with Crippen LogP contribution in [0.2, 0.25) is 0 Å². The minimum atomic E-state index is 0.468.